The summed E-state index contributed by atoms with van der Waals surface area (Å²) in [5.74, 6) is 1.52. The topological polar surface area (TPSA) is 60.0 Å². The number of amides is 1. The number of rotatable bonds is 11. The van der Waals surface area contributed by atoms with Crippen molar-refractivity contribution in [3.8, 4) is 11.5 Å². The molecule has 2 aromatic rings. The summed E-state index contributed by atoms with van der Waals surface area (Å²) in [6.45, 7) is 6.92. The smallest absolute Gasteiger partial charge is 0.220 e. The Morgan fingerprint density at radius 1 is 1.17 bits per heavy atom. The molecule has 1 aliphatic heterocycles. The highest BCUT2D eigenvalue weighted by molar-refractivity contribution is 7.10. The van der Waals surface area contributed by atoms with E-state index in [1.807, 2.05) is 31.2 Å². The van der Waals surface area contributed by atoms with Crippen LogP contribution in [0.2, 0.25) is 0 Å². The van der Waals surface area contributed by atoms with Crippen molar-refractivity contribution in [1.82, 2.24) is 10.2 Å². The van der Waals surface area contributed by atoms with Gasteiger partial charge in [0.15, 0.2) is 11.5 Å². The molecule has 7 heteroatoms. The zero-order valence-corrected chi connectivity index (χ0v) is 17.8. The largest absolute Gasteiger partial charge is 0.490 e. The van der Waals surface area contributed by atoms with Gasteiger partial charge in [0.1, 0.15) is 0 Å². The molecule has 6 nitrogen and oxygen atoms in total. The van der Waals surface area contributed by atoms with Crippen LogP contribution in [0.25, 0.3) is 0 Å². The van der Waals surface area contributed by atoms with E-state index < -0.39 is 0 Å². The standard InChI is InChI=1S/C22H30N2O4S/c1-2-27-19-7-3-4-8-20(19)28-13-5-10-22(25)23-17-18(21-9-6-16-29-21)24-11-14-26-15-12-24/h3-4,6-9,16,18H,2,5,10-15,17H2,1H3,(H,23,25). The average molecular weight is 419 g/mol. The molecule has 0 aliphatic carbocycles. The molecule has 0 radical (unpaired) electrons. The number of nitrogens with one attached hydrogen (secondary N) is 1. The van der Waals surface area contributed by atoms with Gasteiger partial charge in [0.25, 0.3) is 0 Å². The summed E-state index contributed by atoms with van der Waals surface area (Å²) in [5, 5.41) is 5.19. The summed E-state index contributed by atoms with van der Waals surface area (Å²) in [7, 11) is 0. The maximum absolute atomic E-state index is 12.3. The lowest BCUT2D eigenvalue weighted by Crippen LogP contribution is -2.43. The van der Waals surface area contributed by atoms with Gasteiger partial charge >= 0.3 is 0 Å². The predicted octanol–water partition coefficient (Wildman–Crippen LogP) is 3.50. The second-order valence-corrected chi connectivity index (χ2v) is 7.79. The van der Waals surface area contributed by atoms with E-state index in [4.69, 9.17) is 14.2 Å². The average Bonchev–Trinajstić information content (AvgIpc) is 3.28. The molecule has 3 rings (SSSR count). The number of benzene rings is 1. The van der Waals surface area contributed by atoms with Gasteiger partial charge in [-0.2, -0.15) is 0 Å². The van der Waals surface area contributed by atoms with Crippen molar-refractivity contribution in [2.75, 3.05) is 46.1 Å². The fourth-order valence-electron chi connectivity index (χ4n) is 3.34. The van der Waals surface area contributed by atoms with E-state index in [1.165, 1.54) is 4.88 Å². The third kappa shape index (κ3) is 6.73. The summed E-state index contributed by atoms with van der Waals surface area (Å²) in [4.78, 5) is 16.0. The van der Waals surface area contributed by atoms with Gasteiger partial charge in [-0.1, -0.05) is 18.2 Å². The molecule has 1 saturated heterocycles. The van der Waals surface area contributed by atoms with Crippen LogP contribution in [-0.2, 0) is 9.53 Å². The van der Waals surface area contributed by atoms with Gasteiger partial charge in [0, 0.05) is 30.9 Å². The number of morpholine rings is 1. The molecular formula is C22H30N2O4S. The number of thiophene rings is 1. The molecule has 1 aliphatic rings. The Labute approximate surface area is 176 Å². The van der Waals surface area contributed by atoms with Gasteiger partial charge in [-0.25, -0.2) is 0 Å². The molecule has 0 bridgehead atoms. The second kappa shape index (κ2) is 11.8. The maximum atomic E-state index is 12.3. The molecule has 2 heterocycles. The first kappa shape index (κ1) is 21.6. The summed E-state index contributed by atoms with van der Waals surface area (Å²) >= 11 is 1.74. The Kier molecular flexibility index (Phi) is 8.80. The van der Waals surface area contributed by atoms with Crippen molar-refractivity contribution in [2.45, 2.75) is 25.8 Å². The lowest BCUT2D eigenvalue weighted by molar-refractivity contribution is -0.121. The number of hydrogen-bond acceptors (Lipinski definition) is 6. The van der Waals surface area contributed by atoms with Crippen LogP contribution in [-0.4, -0.2) is 56.9 Å². The van der Waals surface area contributed by atoms with Crippen molar-refractivity contribution in [3.63, 3.8) is 0 Å². The van der Waals surface area contributed by atoms with Crippen LogP contribution in [0.1, 0.15) is 30.7 Å². The molecule has 1 unspecified atom stereocenters. The van der Waals surface area contributed by atoms with Gasteiger partial charge in [-0.15, -0.1) is 11.3 Å². The zero-order valence-electron chi connectivity index (χ0n) is 17.0. The minimum absolute atomic E-state index is 0.0570. The van der Waals surface area contributed by atoms with Crippen LogP contribution >= 0.6 is 11.3 Å². The molecule has 1 N–H and O–H groups in total. The quantitative estimate of drug-likeness (QED) is 0.566. The summed E-state index contributed by atoms with van der Waals surface area (Å²) in [6.07, 6.45) is 1.10. The van der Waals surface area contributed by atoms with E-state index in [9.17, 15) is 4.79 Å². The first-order valence-corrected chi connectivity index (χ1v) is 11.1. The van der Waals surface area contributed by atoms with Crippen LogP contribution in [0, 0.1) is 0 Å². The molecule has 29 heavy (non-hydrogen) atoms. The van der Waals surface area contributed by atoms with Crippen molar-refractivity contribution in [2.24, 2.45) is 0 Å². The number of carbonyl (C=O) groups is 1. The number of nitrogens with zero attached hydrogens (tertiary/aromatic N) is 1. The maximum Gasteiger partial charge on any atom is 0.220 e. The Balaban J connectivity index is 1.41. The Hall–Kier alpha value is -2.09. The molecule has 1 fully saturated rings. The molecule has 158 valence electrons. The Morgan fingerprint density at radius 3 is 2.62 bits per heavy atom. The normalized spacial score (nSPS) is 15.6. The van der Waals surface area contributed by atoms with E-state index >= 15 is 0 Å². The minimum Gasteiger partial charge on any atom is -0.490 e. The molecule has 1 aromatic carbocycles. The molecule has 0 spiro atoms. The van der Waals surface area contributed by atoms with Crippen LogP contribution in [0.4, 0.5) is 0 Å². The fourth-order valence-corrected chi connectivity index (χ4v) is 4.20. The third-order valence-corrected chi connectivity index (χ3v) is 5.78. The van der Waals surface area contributed by atoms with E-state index in [0.717, 1.165) is 37.8 Å². The van der Waals surface area contributed by atoms with Crippen molar-refractivity contribution in [3.05, 3.63) is 46.7 Å². The number of para-hydroxylation sites is 2. The summed E-state index contributed by atoms with van der Waals surface area (Å²) in [5.41, 5.74) is 0. The number of carbonyl (C=O) groups excluding carboxylic acids is 1. The fraction of sp³-hybridized carbons (Fsp3) is 0.500. The van der Waals surface area contributed by atoms with Crippen molar-refractivity contribution >= 4 is 17.2 Å². The molecule has 1 aromatic heterocycles. The Morgan fingerprint density at radius 2 is 1.93 bits per heavy atom. The molecule has 1 atom stereocenters. The second-order valence-electron chi connectivity index (χ2n) is 6.82. The van der Waals surface area contributed by atoms with E-state index in [0.29, 0.717) is 32.6 Å². The number of hydrogen-bond donors (Lipinski definition) is 1. The van der Waals surface area contributed by atoms with Gasteiger partial charge in [-0.3, -0.25) is 9.69 Å². The molecular weight excluding hydrogens is 388 g/mol. The Bertz CT molecular complexity index is 732. The highest BCUT2D eigenvalue weighted by atomic mass is 32.1. The minimum atomic E-state index is 0.0570. The highest BCUT2D eigenvalue weighted by Gasteiger charge is 2.23. The van der Waals surface area contributed by atoms with Gasteiger partial charge in [0.05, 0.1) is 32.5 Å². The van der Waals surface area contributed by atoms with Crippen LogP contribution < -0.4 is 14.8 Å². The van der Waals surface area contributed by atoms with E-state index in [1.54, 1.807) is 11.3 Å². The first-order valence-electron chi connectivity index (χ1n) is 10.2. The highest BCUT2D eigenvalue weighted by Crippen LogP contribution is 2.27. The van der Waals surface area contributed by atoms with Gasteiger partial charge in [0.2, 0.25) is 5.91 Å². The lowest BCUT2D eigenvalue weighted by atomic mass is 10.2. The van der Waals surface area contributed by atoms with Gasteiger partial charge < -0.3 is 19.5 Å². The SMILES string of the molecule is CCOc1ccccc1OCCCC(=O)NCC(c1cccs1)N1CCOCC1. The zero-order chi connectivity index (χ0) is 20.3. The summed E-state index contributed by atoms with van der Waals surface area (Å²) < 4.78 is 16.8. The monoisotopic (exact) mass is 418 g/mol. The molecule has 1 amide bonds. The third-order valence-electron chi connectivity index (χ3n) is 4.81. The first-order chi connectivity index (χ1) is 14.3. The van der Waals surface area contributed by atoms with Crippen molar-refractivity contribution in [1.29, 1.82) is 0 Å². The van der Waals surface area contributed by atoms with Crippen LogP contribution in [0.3, 0.4) is 0 Å². The lowest BCUT2D eigenvalue weighted by Gasteiger charge is -2.34. The van der Waals surface area contributed by atoms with E-state index in [2.05, 4.69) is 27.7 Å². The molecule has 0 saturated carbocycles. The van der Waals surface area contributed by atoms with Crippen LogP contribution in [0.15, 0.2) is 41.8 Å². The van der Waals surface area contributed by atoms with Gasteiger partial charge in [-0.05, 0) is 36.9 Å². The van der Waals surface area contributed by atoms with Crippen LogP contribution in [0.5, 0.6) is 11.5 Å². The van der Waals surface area contributed by atoms with E-state index in [-0.39, 0.29) is 11.9 Å². The predicted molar refractivity (Wildman–Crippen MR) is 115 cm³/mol. The number of ether oxygens (including phenoxy) is 3. The summed E-state index contributed by atoms with van der Waals surface area (Å²) in [6, 6.07) is 12.0. The van der Waals surface area contributed by atoms with Crippen molar-refractivity contribution < 1.29 is 19.0 Å².